The lowest BCUT2D eigenvalue weighted by atomic mass is 9.93. The van der Waals surface area contributed by atoms with Crippen molar-refractivity contribution in [1.82, 2.24) is 0 Å². The highest BCUT2D eigenvalue weighted by Gasteiger charge is 2.14. The quantitative estimate of drug-likeness (QED) is 0.532. The molecule has 0 aliphatic heterocycles. The number of nitrogens with zero attached hydrogens (tertiary/aromatic N) is 1. The molecule has 0 aliphatic carbocycles. The van der Waals surface area contributed by atoms with E-state index in [4.69, 9.17) is 0 Å². The zero-order valence-electron chi connectivity index (χ0n) is 8.84. The number of benzene rings is 1. The number of nitroso groups, excluding NO2 is 1. The van der Waals surface area contributed by atoms with Crippen LogP contribution in [0.3, 0.4) is 0 Å². The second-order valence-electron chi connectivity index (χ2n) is 3.47. The van der Waals surface area contributed by atoms with Gasteiger partial charge in [0.15, 0.2) is 6.29 Å². The molecule has 0 bridgehead atoms. The Balaban J connectivity index is 3.73. The van der Waals surface area contributed by atoms with Crippen molar-refractivity contribution >= 4 is 12.0 Å². The van der Waals surface area contributed by atoms with Crippen LogP contribution in [0.1, 0.15) is 32.6 Å². The van der Waals surface area contributed by atoms with Gasteiger partial charge in [-0.15, -0.1) is 4.91 Å². The smallest absolute Gasteiger partial charge is 0.152 e. The van der Waals surface area contributed by atoms with Gasteiger partial charge in [-0.25, -0.2) is 0 Å². The van der Waals surface area contributed by atoms with Gasteiger partial charge in [-0.05, 0) is 55.1 Å². The molecule has 0 fully saturated rings. The van der Waals surface area contributed by atoms with Crippen molar-refractivity contribution in [2.24, 2.45) is 5.18 Å². The highest BCUT2D eigenvalue weighted by molar-refractivity contribution is 5.87. The van der Waals surface area contributed by atoms with Crippen molar-refractivity contribution in [2.75, 3.05) is 0 Å². The van der Waals surface area contributed by atoms with Crippen molar-refractivity contribution in [3.63, 3.8) is 0 Å². The monoisotopic (exact) mass is 191 g/mol. The van der Waals surface area contributed by atoms with E-state index in [1.165, 1.54) is 0 Å². The maximum Gasteiger partial charge on any atom is 0.152 e. The van der Waals surface area contributed by atoms with Gasteiger partial charge in [0.05, 0.1) is 0 Å². The highest BCUT2D eigenvalue weighted by Crippen LogP contribution is 2.31. The molecule has 0 heterocycles. The summed E-state index contributed by atoms with van der Waals surface area (Å²) in [6.45, 7) is 7.52. The standard InChI is InChI=1S/C11H13NO2/c1-6-7(2)9(4)11(12-14)10(5-13)8(6)3/h5H,1-4H3. The molecule has 0 saturated carbocycles. The molecule has 0 spiro atoms. The summed E-state index contributed by atoms with van der Waals surface area (Å²) in [6, 6.07) is 0. The van der Waals surface area contributed by atoms with Gasteiger partial charge < -0.3 is 0 Å². The minimum absolute atomic E-state index is 0.278. The third kappa shape index (κ3) is 1.35. The fourth-order valence-electron chi connectivity index (χ4n) is 1.58. The van der Waals surface area contributed by atoms with Crippen LogP contribution in [0.5, 0.6) is 0 Å². The van der Waals surface area contributed by atoms with E-state index in [0.717, 1.165) is 22.3 Å². The summed E-state index contributed by atoms with van der Waals surface area (Å²) in [4.78, 5) is 21.4. The Labute approximate surface area is 83.1 Å². The van der Waals surface area contributed by atoms with E-state index >= 15 is 0 Å². The molecule has 3 heteroatoms. The van der Waals surface area contributed by atoms with Crippen molar-refractivity contribution < 1.29 is 4.79 Å². The Kier molecular flexibility index (Phi) is 2.79. The fraction of sp³-hybridized carbons (Fsp3) is 0.364. The molecule has 74 valence electrons. The maximum absolute atomic E-state index is 10.8. The first kappa shape index (κ1) is 10.6. The molecule has 14 heavy (non-hydrogen) atoms. The topological polar surface area (TPSA) is 46.5 Å². The molecule has 0 saturated heterocycles. The van der Waals surface area contributed by atoms with Crippen LogP contribution < -0.4 is 0 Å². The molecule has 0 unspecified atom stereocenters. The Morgan fingerprint density at radius 1 is 0.929 bits per heavy atom. The SMILES string of the molecule is Cc1c(C)c(C)c(N=O)c(C=O)c1C. The van der Waals surface area contributed by atoms with Crippen LogP contribution in [0.2, 0.25) is 0 Å². The van der Waals surface area contributed by atoms with Crippen LogP contribution in [0.4, 0.5) is 5.69 Å². The number of aldehydes is 1. The summed E-state index contributed by atoms with van der Waals surface area (Å²) < 4.78 is 0. The largest absolute Gasteiger partial charge is 0.298 e. The van der Waals surface area contributed by atoms with E-state index in [2.05, 4.69) is 5.18 Å². The van der Waals surface area contributed by atoms with Gasteiger partial charge in [-0.3, -0.25) is 4.79 Å². The molecular weight excluding hydrogens is 178 g/mol. The molecule has 3 nitrogen and oxygen atoms in total. The Morgan fingerprint density at radius 2 is 1.43 bits per heavy atom. The first-order chi connectivity index (χ1) is 6.54. The summed E-state index contributed by atoms with van der Waals surface area (Å²) in [5, 5.41) is 2.92. The molecule has 1 aromatic carbocycles. The van der Waals surface area contributed by atoms with Gasteiger partial charge >= 0.3 is 0 Å². The zero-order chi connectivity index (χ0) is 10.9. The minimum atomic E-state index is 0.278. The van der Waals surface area contributed by atoms with E-state index in [1.807, 2.05) is 27.7 Å². The second kappa shape index (κ2) is 3.70. The summed E-state index contributed by atoms with van der Waals surface area (Å²) in [5.74, 6) is 0. The maximum atomic E-state index is 10.8. The molecule has 1 aromatic rings. The summed E-state index contributed by atoms with van der Waals surface area (Å²) in [5.41, 5.74) is 4.42. The predicted octanol–water partition coefficient (Wildman–Crippen LogP) is 3.13. The van der Waals surface area contributed by atoms with Gasteiger partial charge in [0.2, 0.25) is 0 Å². The van der Waals surface area contributed by atoms with Gasteiger partial charge in [0.1, 0.15) is 5.69 Å². The third-order valence-electron chi connectivity index (χ3n) is 2.91. The molecule has 0 amide bonds. The van der Waals surface area contributed by atoms with Crippen LogP contribution in [0.25, 0.3) is 0 Å². The summed E-state index contributed by atoms with van der Waals surface area (Å²) in [6.07, 6.45) is 0.700. The molecule has 0 N–H and O–H groups in total. The van der Waals surface area contributed by atoms with E-state index in [-0.39, 0.29) is 5.69 Å². The van der Waals surface area contributed by atoms with E-state index < -0.39 is 0 Å². The number of rotatable bonds is 2. The van der Waals surface area contributed by atoms with Crippen LogP contribution in [-0.2, 0) is 0 Å². The normalized spacial score (nSPS) is 10.0. The van der Waals surface area contributed by atoms with Crippen LogP contribution in [0.15, 0.2) is 5.18 Å². The molecule has 0 atom stereocenters. The first-order valence-electron chi connectivity index (χ1n) is 4.43. The van der Waals surface area contributed by atoms with Crippen molar-refractivity contribution in [2.45, 2.75) is 27.7 Å². The Bertz CT molecular complexity index is 369. The van der Waals surface area contributed by atoms with Gasteiger partial charge in [0, 0.05) is 5.56 Å². The molecule has 0 aliphatic rings. The van der Waals surface area contributed by atoms with Gasteiger partial charge in [0.25, 0.3) is 0 Å². The predicted molar refractivity (Wildman–Crippen MR) is 56.2 cm³/mol. The highest BCUT2D eigenvalue weighted by atomic mass is 16.3. The number of carbonyl (C=O) groups is 1. The van der Waals surface area contributed by atoms with Gasteiger partial charge in [-0.2, -0.15) is 0 Å². The number of carbonyl (C=O) groups excluding carboxylic acids is 1. The van der Waals surface area contributed by atoms with E-state index in [0.29, 0.717) is 11.8 Å². The average Bonchev–Trinajstić information content (AvgIpc) is 2.20. The molecular formula is C11H13NO2. The average molecular weight is 191 g/mol. The van der Waals surface area contributed by atoms with Crippen molar-refractivity contribution in [1.29, 1.82) is 0 Å². The van der Waals surface area contributed by atoms with E-state index in [1.54, 1.807) is 0 Å². The molecule has 1 rings (SSSR count). The van der Waals surface area contributed by atoms with Crippen molar-refractivity contribution in [3.05, 3.63) is 32.7 Å². The minimum Gasteiger partial charge on any atom is -0.298 e. The Hall–Kier alpha value is -1.51. The lowest BCUT2D eigenvalue weighted by Crippen LogP contribution is -1.98. The first-order valence-corrected chi connectivity index (χ1v) is 4.43. The third-order valence-corrected chi connectivity index (χ3v) is 2.91. The van der Waals surface area contributed by atoms with Gasteiger partial charge in [-0.1, -0.05) is 0 Å². The fourth-order valence-corrected chi connectivity index (χ4v) is 1.58. The van der Waals surface area contributed by atoms with Crippen molar-refractivity contribution in [3.8, 4) is 0 Å². The lowest BCUT2D eigenvalue weighted by Gasteiger charge is -2.12. The number of hydrogen-bond acceptors (Lipinski definition) is 3. The summed E-state index contributed by atoms with van der Waals surface area (Å²) >= 11 is 0. The molecule has 0 radical (unpaired) electrons. The zero-order valence-corrected chi connectivity index (χ0v) is 8.84. The van der Waals surface area contributed by atoms with Crippen LogP contribution >= 0.6 is 0 Å². The lowest BCUT2D eigenvalue weighted by molar-refractivity contribution is 0.112. The van der Waals surface area contributed by atoms with E-state index in [9.17, 15) is 9.70 Å². The van der Waals surface area contributed by atoms with Crippen LogP contribution in [-0.4, -0.2) is 6.29 Å². The molecule has 0 aromatic heterocycles. The van der Waals surface area contributed by atoms with Crippen LogP contribution in [0, 0.1) is 32.6 Å². The Morgan fingerprint density at radius 3 is 1.86 bits per heavy atom. The number of hydrogen-bond donors (Lipinski definition) is 0. The second-order valence-corrected chi connectivity index (χ2v) is 3.47. The summed E-state index contributed by atoms with van der Waals surface area (Å²) in [7, 11) is 0.